The normalized spacial score (nSPS) is 18.9. The maximum absolute atomic E-state index is 13.2. The van der Waals surface area contributed by atoms with Gasteiger partial charge in [0.1, 0.15) is 5.75 Å². The van der Waals surface area contributed by atoms with Crippen LogP contribution in [0.15, 0.2) is 54.6 Å². The first-order valence-corrected chi connectivity index (χ1v) is 12.5. The maximum Gasteiger partial charge on any atom is 0.253 e. The molecule has 2 aromatic rings. The van der Waals surface area contributed by atoms with Gasteiger partial charge in [-0.2, -0.15) is 0 Å². The Morgan fingerprint density at radius 3 is 2.08 bits per heavy atom. The van der Waals surface area contributed by atoms with E-state index < -0.39 is 41.9 Å². The lowest BCUT2D eigenvalue weighted by molar-refractivity contribution is -0.131. The second-order valence-corrected chi connectivity index (χ2v) is 9.95. The molecule has 198 valence electrons. The molecule has 0 bridgehead atoms. The van der Waals surface area contributed by atoms with Gasteiger partial charge in [0.2, 0.25) is 5.91 Å². The van der Waals surface area contributed by atoms with Crippen LogP contribution >= 0.6 is 0 Å². The van der Waals surface area contributed by atoms with Gasteiger partial charge in [-0.1, -0.05) is 56.3 Å². The molecule has 37 heavy (non-hydrogen) atoms. The van der Waals surface area contributed by atoms with E-state index in [-0.39, 0.29) is 36.3 Å². The number of amides is 3. The molecule has 9 nitrogen and oxygen atoms in total. The predicted molar refractivity (Wildman–Crippen MR) is 137 cm³/mol. The number of carbonyl (C=O) groups is 4. The van der Waals surface area contributed by atoms with Gasteiger partial charge in [-0.25, -0.2) is 0 Å². The average molecular weight is 510 g/mol. The molecule has 1 saturated heterocycles. The second-order valence-electron chi connectivity index (χ2n) is 9.95. The molecule has 5 atom stereocenters. The van der Waals surface area contributed by atoms with Crippen LogP contribution in [-0.2, 0) is 30.3 Å². The summed E-state index contributed by atoms with van der Waals surface area (Å²) >= 11 is 0. The second kappa shape index (κ2) is 12.5. The summed E-state index contributed by atoms with van der Waals surface area (Å²) in [6, 6.07) is 14.7. The van der Waals surface area contributed by atoms with Crippen LogP contribution in [0.3, 0.4) is 0 Å². The van der Waals surface area contributed by atoms with Crippen LogP contribution in [0, 0.1) is 11.8 Å². The van der Waals surface area contributed by atoms with Crippen molar-refractivity contribution in [1.29, 1.82) is 0 Å². The number of hydrogen-bond donors (Lipinski definition) is 4. The Kier molecular flexibility index (Phi) is 9.41. The third kappa shape index (κ3) is 8.15. The van der Waals surface area contributed by atoms with Crippen LogP contribution < -0.4 is 16.4 Å². The SMILES string of the molecule is CC(C)C[C@H](NC(=O)C1OC1C(=O)N[C@H](C)c1ccccc1)C(=O)C[C@@H](Cc1ccc(O)cc1)C(N)=O. The minimum Gasteiger partial charge on any atom is -0.508 e. The first kappa shape index (κ1) is 27.9. The lowest BCUT2D eigenvalue weighted by Crippen LogP contribution is -2.46. The Balaban J connectivity index is 1.58. The zero-order chi connectivity index (χ0) is 27.1. The highest BCUT2D eigenvalue weighted by molar-refractivity contribution is 5.98. The Morgan fingerprint density at radius 2 is 1.51 bits per heavy atom. The number of ketones is 1. The van der Waals surface area contributed by atoms with Crippen LogP contribution in [-0.4, -0.2) is 46.9 Å². The van der Waals surface area contributed by atoms with Crippen molar-refractivity contribution in [2.75, 3.05) is 0 Å². The number of ether oxygens (including phenoxy) is 1. The number of benzene rings is 2. The number of phenols is 1. The third-order valence-electron chi connectivity index (χ3n) is 6.35. The predicted octanol–water partition coefficient (Wildman–Crippen LogP) is 2.17. The Hall–Kier alpha value is -3.72. The number of carbonyl (C=O) groups excluding carboxylic acids is 4. The number of epoxide rings is 1. The topological polar surface area (TPSA) is 151 Å². The van der Waals surface area contributed by atoms with E-state index in [2.05, 4.69) is 10.6 Å². The molecule has 2 aromatic carbocycles. The van der Waals surface area contributed by atoms with Crippen LogP contribution in [0.25, 0.3) is 0 Å². The fraction of sp³-hybridized carbons (Fsp3) is 0.429. The number of Topliss-reactive ketones (excluding diaryl/α,β-unsaturated/α-hetero) is 1. The van der Waals surface area contributed by atoms with Crippen LogP contribution in [0.5, 0.6) is 5.75 Å². The van der Waals surface area contributed by atoms with Gasteiger partial charge in [0.25, 0.3) is 11.8 Å². The highest BCUT2D eigenvalue weighted by Gasteiger charge is 2.51. The summed E-state index contributed by atoms with van der Waals surface area (Å²) in [6.07, 6.45) is -1.44. The lowest BCUT2D eigenvalue weighted by atomic mass is 9.89. The molecule has 1 aliphatic rings. The lowest BCUT2D eigenvalue weighted by Gasteiger charge is -2.21. The Labute approximate surface area is 216 Å². The van der Waals surface area contributed by atoms with Gasteiger partial charge in [-0.15, -0.1) is 0 Å². The molecule has 5 N–H and O–H groups in total. The molecule has 1 heterocycles. The number of nitrogens with one attached hydrogen (secondary N) is 2. The van der Waals surface area contributed by atoms with E-state index in [9.17, 15) is 24.3 Å². The van der Waals surface area contributed by atoms with Gasteiger partial charge in [0.05, 0.1) is 12.1 Å². The average Bonchev–Trinajstić information content (AvgIpc) is 3.66. The van der Waals surface area contributed by atoms with Crippen molar-refractivity contribution in [3.05, 3.63) is 65.7 Å². The first-order chi connectivity index (χ1) is 17.5. The molecule has 0 saturated carbocycles. The van der Waals surface area contributed by atoms with Gasteiger partial charge in [0, 0.05) is 12.3 Å². The van der Waals surface area contributed by atoms with Gasteiger partial charge < -0.3 is 26.2 Å². The number of hydrogen-bond acceptors (Lipinski definition) is 6. The molecule has 0 aliphatic carbocycles. The smallest absolute Gasteiger partial charge is 0.253 e. The van der Waals surface area contributed by atoms with Crippen molar-refractivity contribution in [1.82, 2.24) is 10.6 Å². The van der Waals surface area contributed by atoms with E-state index in [0.717, 1.165) is 11.1 Å². The van der Waals surface area contributed by atoms with Crippen molar-refractivity contribution in [2.24, 2.45) is 17.6 Å². The summed E-state index contributed by atoms with van der Waals surface area (Å²) in [5.41, 5.74) is 7.25. The third-order valence-corrected chi connectivity index (χ3v) is 6.35. The fourth-order valence-electron chi connectivity index (χ4n) is 4.20. The van der Waals surface area contributed by atoms with E-state index in [4.69, 9.17) is 10.5 Å². The van der Waals surface area contributed by atoms with E-state index in [0.29, 0.717) is 6.42 Å². The van der Waals surface area contributed by atoms with Gasteiger partial charge in [-0.3, -0.25) is 19.2 Å². The van der Waals surface area contributed by atoms with Crippen molar-refractivity contribution >= 4 is 23.5 Å². The zero-order valence-electron chi connectivity index (χ0n) is 21.3. The van der Waals surface area contributed by atoms with Crippen molar-refractivity contribution in [3.8, 4) is 5.75 Å². The van der Waals surface area contributed by atoms with Gasteiger partial charge in [-0.05, 0) is 48.9 Å². The van der Waals surface area contributed by atoms with Crippen molar-refractivity contribution < 1.29 is 29.0 Å². The monoisotopic (exact) mass is 509 g/mol. The molecule has 3 amide bonds. The first-order valence-electron chi connectivity index (χ1n) is 12.5. The van der Waals surface area contributed by atoms with E-state index in [1.165, 1.54) is 12.1 Å². The summed E-state index contributed by atoms with van der Waals surface area (Å²) in [6.45, 7) is 5.68. The Bertz CT molecular complexity index is 1100. The standard InChI is InChI=1S/C28H35N3O6/c1-16(2)13-22(23(33)15-20(26(29)34)14-18-9-11-21(32)12-10-18)31-28(36)25-24(37-25)27(35)30-17(3)19-7-5-4-6-8-19/h4-12,16-17,20,22,24-25,32H,13-15H2,1-3H3,(H2,29,34)(H,30,35)(H,31,36)/t17-,20-,22+,24?,25?/m1/s1. The van der Waals surface area contributed by atoms with E-state index in [1.54, 1.807) is 12.1 Å². The number of primary amides is 1. The van der Waals surface area contributed by atoms with E-state index in [1.807, 2.05) is 51.1 Å². The summed E-state index contributed by atoms with van der Waals surface area (Å²) < 4.78 is 5.34. The largest absolute Gasteiger partial charge is 0.508 e. The minimum atomic E-state index is -0.977. The molecule has 9 heteroatoms. The van der Waals surface area contributed by atoms with Crippen LogP contribution in [0.4, 0.5) is 0 Å². The van der Waals surface area contributed by atoms with Crippen molar-refractivity contribution in [3.63, 3.8) is 0 Å². The summed E-state index contributed by atoms with van der Waals surface area (Å²) in [7, 11) is 0. The quantitative estimate of drug-likeness (QED) is 0.304. The molecule has 2 unspecified atom stereocenters. The van der Waals surface area contributed by atoms with Gasteiger partial charge in [0.15, 0.2) is 18.0 Å². The Morgan fingerprint density at radius 1 is 0.919 bits per heavy atom. The van der Waals surface area contributed by atoms with Gasteiger partial charge >= 0.3 is 0 Å². The summed E-state index contributed by atoms with van der Waals surface area (Å²) in [5, 5.41) is 15.0. The number of aromatic hydroxyl groups is 1. The molecule has 3 rings (SSSR count). The highest BCUT2D eigenvalue weighted by Crippen LogP contribution is 2.25. The molecular formula is C28H35N3O6. The summed E-state index contributed by atoms with van der Waals surface area (Å²) in [5.74, 6) is -2.46. The number of rotatable bonds is 13. The highest BCUT2D eigenvalue weighted by atomic mass is 16.6. The molecule has 0 spiro atoms. The molecule has 1 fully saturated rings. The summed E-state index contributed by atoms with van der Waals surface area (Å²) in [4.78, 5) is 50.6. The molecular weight excluding hydrogens is 474 g/mol. The van der Waals surface area contributed by atoms with Crippen LogP contribution in [0.2, 0.25) is 0 Å². The van der Waals surface area contributed by atoms with E-state index >= 15 is 0 Å². The molecule has 0 radical (unpaired) electrons. The van der Waals surface area contributed by atoms with Crippen molar-refractivity contribution in [2.45, 2.75) is 64.3 Å². The van der Waals surface area contributed by atoms with Crippen LogP contribution in [0.1, 0.15) is 50.8 Å². The number of nitrogens with two attached hydrogens (primary N) is 1. The maximum atomic E-state index is 13.2. The zero-order valence-corrected chi connectivity index (χ0v) is 21.3. The molecule has 0 aromatic heterocycles. The molecule has 1 aliphatic heterocycles. The fourth-order valence-corrected chi connectivity index (χ4v) is 4.20. The number of phenolic OH excluding ortho intramolecular Hbond substituents is 1. The minimum absolute atomic E-state index is 0.0873.